The Kier molecular flexibility index (Phi) is 5.68. The van der Waals surface area contributed by atoms with Crippen LogP contribution in [0.25, 0.3) is 21.5 Å². The van der Waals surface area contributed by atoms with Gasteiger partial charge in [0.15, 0.2) is 0 Å². The Morgan fingerprint density at radius 3 is 1.92 bits per heavy atom. The molecule has 0 radical (unpaired) electrons. The molecule has 0 amide bonds. The first kappa shape index (κ1) is 18.9. The molecule has 5 heteroatoms. The third kappa shape index (κ3) is 3.94. The molecule has 3 nitrogen and oxygen atoms in total. The zero-order valence-corrected chi connectivity index (χ0v) is 14.2. The second-order valence-corrected chi connectivity index (χ2v) is 7.47. The standard InChI is InChI=1S/C21H16O3S.Na.H/c22-25(23,15-18-11-5-9-16-7-1-3-12-19(16)18)24-21-14-6-10-17-8-2-4-13-20(17)21;;/h1-14H,15H2;;. The normalized spacial score (nSPS) is 11.2. The molecule has 0 aliphatic rings. The van der Waals surface area contributed by atoms with E-state index in [0.717, 1.165) is 27.1 Å². The van der Waals surface area contributed by atoms with Crippen LogP contribution in [-0.4, -0.2) is 38.0 Å². The Morgan fingerprint density at radius 2 is 1.19 bits per heavy atom. The van der Waals surface area contributed by atoms with Gasteiger partial charge in [0.05, 0.1) is 0 Å². The monoisotopic (exact) mass is 372 g/mol. The van der Waals surface area contributed by atoms with Crippen molar-refractivity contribution in [3.8, 4) is 5.75 Å². The predicted molar refractivity (Wildman–Crippen MR) is 108 cm³/mol. The van der Waals surface area contributed by atoms with E-state index in [-0.39, 0.29) is 35.3 Å². The summed E-state index contributed by atoms with van der Waals surface area (Å²) in [5.74, 6) is 0.190. The first-order valence-electron chi connectivity index (χ1n) is 7.99. The van der Waals surface area contributed by atoms with Crippen molar-refractivity contribution in [1.82, 2.24) is 0 Å². The Balaban J connectivity index is 0.00000196. The molecule has 0 unspecified atom stereocenters. The van der Waals surface area contributed by atoms with Crippen LogP contribution in [0.3, 0.4) is 0 Å². The van der Waals surface area contributed by atoms with Crippen molar-refractivity contribution in [3.63, 3.8) is 0 Å². The SMILES string of the molecule is O=S(=O)(Cc1cccc2ccccc12)Oc1cccc2ccccc12.[NaH]. The number of hydrogen-bond donors (Lipinski definition) is 0. The van der Waals surface area contributed by atoms with Gasteiger partial charge in [0.2, 0.25) is 0 Å². The van der Waals surface area contributed by atoms with E-state index in [4.69, 9.17) is 4.18 Å². The fraction of sp³-hybridized carbons (Fsp3) is 0.0476. The molecule has 0 heterocycles. The number of hydrogen-bond acceptors (Lipinski definition) is 3. The molecule has 0 atom stereocenters. The van der Waals surface area contributed by atoms with Gasteiger partial charge in [-0.15, -0.1) is 0 Å². The second kappa shape index (κ2) is 7.80. The molecular formula is C21H17NaO3S. The van der Waals surface area contributed by atoms with Gasteiger partial charge < -0.3 is 4.18 Å². The predicted octanol–water partition coefficient (Wildman–Crippen LogP) is 4.25. The Morgan fingerprint density at radius 1 is 0.654 bits per heavy atom. The molecule has 0 bridgehead atoms. The van der Waals surface area contributed by atoms with Crippen LogP contribution in [0.2, 0.25) is 0 Å². The van der Waals surface area contributed by atoms with Crippen molar-refractivity contribution in [3.05, 3.63) is 90.5 Å². The van der Waals surface area contributed by atoms with E-state index in [1.54, 1.807) is 12.1 Å². The molecule has 0 aliphatic heterocycles. The van der Waals surface area contributed by atoms with Gasteiger partial charge in [-0.1, -0.05) is 78.9 Å². The summed E-state index contributed by atoms with van der Waals surface area (Å²) in [4.78, 5) is 0. The van der Waals surface area contributed by atoms with Crippen LogP contribution in [0.15, 0.2) is 84.9 Å². The minimum atomic E-state index is -3.77. The van der Waals surface area contributed by atoms with Crippen molar-refractivity contribution in [2.75, 3.05) is 0 Å². The molecule has 0 saturated heterocycles. The van der Waals surface area contributed by atoms with Gasteiger partial charge >= 0.3 is 39.7 Å². The maximum atomic E-state index is 12.6. The fourth-order valence-corrected chi connectivity index (χ4v) is 4.15. The zero-order valence-electron chi connectivity index (χ0n) is 13.4. The summed E-state index contributed by atoms with van der Waals surface area (Å²) in [7, 11) is -3.77. The van der Waals surface area contributed by atoms with E-state index in [2.05, 4.69) is 0 Å². The van der Waals surface area contributed by atoms with Crippen molar-refractivity contribution in [2.45, 2.75) is 5.75 Å². The summed E-state index contributed by atoms with van der Waals surface area (Å²) in [6, 6.07) is 26.4. The molecule has 4 aromatic carbocycles. The molecule has 0 saturated carbocycles. The van der Waals surface area contributed by atoms with Gasteiger partial charge in [-0.25, -0.2) is 0 Å². The summed E-state index contributed by atoms with van der Waals surface area (Å²) >= 11 is 0. The van der Waals surface area contributed by atoms with E-state index >= 15 is 0 Å². The summed E-state index contributed by atoms with van der Waals surface area (Å²) < 4.78 is 30.7. The van der Waals surface area contributed by atoms with Gasteiger partial charge in [-0.05, 0) is 27.8 Å². The first-order valence-corrected chi connectivity index (χ1v) is 9.57. The summed E-state index contributed by atoms with van der Waals surface area (Å²) in [5, 5.41) is 3.67. The van der Waals surface area contributed by atoms with Crippen LogP contribution in [0.5, 0.6) is 5.75 Å². The third-order valence-electron chi connectivity index (χ3n) is 4.18. The van der Waals surface area contributed by atoms with Crippen LogP contribution in [0.1, 0.15) is 5.56 Å². The van der Waals surface area contributed by atoms with Crippen LogP contribution in [-0.2, 0) is 15.9 Å². The molecule has 4 rings (SSSR count). The van der Waals surface area contributed by atoms with E-state index in [0.29, 0.717) is 5.75 Å². The van der Waals surface area contributed by atoms with Crippen LogP contribution >= 0.6 is 0 Å². The summed E-state index contributed by atoms with van der Waals surface area (Å²) in [6.45, 7) is 0. The van der Waals surface area contributed by atoms with Gasteiger partial charge in [-0.3, -0.25) is 0 Å². The topological polar surface area (TPSA) is 43.4 Å². The number of benzene rings is 4. The molecule has 4 aromatic rings. The molecular weight excluding hydrogens is 355 g/mol. The Bertz CT molecular complexity index is 1070. The summed E-state index contributed by atoms with van der Waals surface area (Å²) in [5.41, 5.74) is 0.735. The first-order chi connectivity index (χ1) is 12.1. The summed E-state index contributed by atoms with van der Waals surface area (Å²) in [6.07, 6.45) is 0. The minimum absolute atomic E-state index is 0. The Hall–Kier alpha value is -1.85. The molecule has 0 N–H and O–H groups in total. The van der Waals surface area contributed by atoms with E-state index < -0.39 is 10.1 Å². The number of rotatable bonds is 4. The molecule has 26 heavy (non-hydrogen) atoms. The zero-order chi connectivity index (χ0) is 17.3. The van der Waals surface area contributed by atoms with Crippen LogP contribution < -0.4 is 4.18 Å². The van der Waals surface area contributed by atoms with Gasteiger partial charge in [0, 0.05) is 5.39 Å². The van der Waals surface area contributed by atoms with E-state index in [1.807, 2.05) is 72.8 Å². The van der Waals surface area contributed by atoms with Gasteiger partial charge in [0.1, 0.15) is 11.5 Å². The van der Waals surface area contributed by atoms with E-state index in [1.165, 1.54) is 0 Å². The molecule has 0 aromatic heterocycles. The van der Waals surface area contributed by atoms with Crippen molar-refractivity contribution < 1.29 is 12.6 Å². The maximum absolute atomic E-state index is 12.6. The average molecular weight is 372 g/mol. The van der Waals surface area contributed by atoms with Crippen molar-refractivity contribution in [2.24, 2.45) is 0 Å². The van der Waals surface area contributed by atoms with Gasteiger partial charge in [-0.2, -0.15) is 8.42 Å². The van der Waals surface area contributed by atoms with Crippen LogP contribution in [0, 0.1) is 0 Å². The second-order valence-electron chi connectivity index (χ2n) is 5.90. The quantitative estimate of drug-likeness (QED) is 0.397. The van der Waals surface area contributed by atoms with Crippen molar-refractivity contribution in [1.29, 1.82) is 0 Å². The van der Waals surface area contributed by atoms with Crippen LogP contribution in [0.4, 0.5) is 0 Å². The third-order valence-corrected chi connectivity index (χ3v) is 5.28. The molecule has 0 spiro atoms. The molecule has 126 valence electrons. The van der Waals surface area contributed by atoms with Gasteiger partial charge in [0.25, 0.3) is 0 Å². The average Bonchev–Trinajstić information content (AvgIpc) is 2.62. The molecule has 0 fully saturated rings. The molecule has 0 aliphatic carbocycles. The number of fused-ring (bicyclic) bond motifs is 2. The Labute approximate surface area is 175 Å². The fourth-order valence-electron chi connectivity index (χ4n) is 3.04. The van der Waals surface area contributed by atoms with Crippen molar-refractivity contribution >= 4 is 61.2 Å². The van der Waals surface area contributed by atoms with E-state index in [9.17, 15) is 8.42 Å².